The van der Waals surface area contributed by atoms with E-state index in [1.54, 1.807) is 6.92 Å². The summed E-state index contributed by atoms with van der Waals surface area (Å²) in [6.07, 6.45) is 1.53. The van der Waals surface area contributed by atoms with Crippen molar-refractivity contribution in [3.63, 3.8) is 0 Å². The summed E-state index contributed by atoms with van der Waals surface area (Å²) in [7, 11) is 0. The molecule has 0 aliphatic carbocycles. The normalized spacial score (nSPS) is 17.9. The standard InChI is InChI=1S/C13H15BrO2/c1-10(15)6-7-13(8-16-9-13)11-2-4-12(14)5-3-11/h2-5H,6-9H2,1H3. The van der Waals surface area contributed by atoms with Gasteiger partial charge in [0.05, 0.1) is 13.2 Å². The third-order valence-electron chi connectivity index (χ3n) is 3.17. The highest BCUT2D eigenvalue weighted by Gasteiger charge is 2.39. The van der Waals surface area contributed by atoms with E-state index < -0.39 is 0 Å². The summed E-state index contributed by atoms with van der Waals surface area (Å²) in [6, 6.07) is 8.33. The van der Waals surface area contributed by atoms with Crippen molar-refractivity contribution < 1.29 is 9.53 Å². The van der Waals surface area contributed by atoms with Crippen LogP contribution in [0.1, 0.15) is 25.3 Å². The van der Waals surface area contributed by atoms with Crippen LogP contribution in [-0.4, -0.2) is 19.0 Å². The smallest absolute Gasteiger partial charge is 0.129 e. The Labute approximate surface area is 104 Å². The van der Waals surface area contributed by atoms with Gasteiger partial charge in [0.15, 0.2) is 0 Å². The zero-order valence-electron chi connectivity index (χ0n) is 9.33. The Bertz CT molecular complexity index is 379. The third-order valence-corrected chi connectivity index (χ3v) is 3.70. The van der Waals surface area contributed by atoms with Gasteiger partial charge in [0.1, 0.15) is 5.78 Å². The molecular formula is C13H15BrO2. The molecule has 86 valence electrons. The maximum atomic E-state index is 11.1. The Kier molecular flexibility index (Phi) is 3.45. The van der Waals surface area contributed by atoms with E-state index in [0.717, 1.165) is 24.1 Å². The van der Waals surface area contributed by atoms with Crippen molar-refractivity contribution in [2.24, 2.45) is 0 Å². The number of hydrogen-bond donors (Lipinski definition) is 0. The van der Waals surface area contributed by atoms with Gasteiger partial charge in [-0.05, 0) is 31.0 Å². The van der Waals surface area contributed by atoms with E-state index in [-0.39, 0.29) is 11.2 Å². The van der Waals surface area contributed by atoms with E-state index >= 15 is 0 Å². The van der Waals surface area contributed by atoms with Crippen LogP contribution in [-0.2, 0) is 14.9 Å². The lowest BCUT2D eigenvalue weighted by molar-refractivity contribution is -0.119. The largest absolute Gasteiger partial charge is 0.379 e. The number of carbonyl (C=O) groups excluding carboxylic acids is 1. The first-order valence-electron chi connectivity index (χ1n) is 5.46. The Morgan fingerprint density at radius 3 is 2.44 bits per heavy atom. The average molecular weight is 283 g/mol. The van der Waals surface area contributed by atoms with Gasteiger partial charge in [0.25, 0.3) is 0 Å². The van der Waals surface area contributed by atoms with Crippen molar-refractivity contribution in [1.29, 1.82) is 0 Å². The summed E-state index contributed by atoms with van der Waals surface area (Å²) >= 11 is 3.43. The summed E-state index contributed by atoms with van der Waals surface area (Å²) in [4.78, 5) is 11.1. The quantitative estimate of drug-likeness (QED) is 0.848. The molecule has 1 aliphatic heterocycles. The second-order valence-electron chi connectivity index (χ2n) is 4.48. The minimum atomic E-state index is 0.0758. The van der Waals surface area contributed by atoms with Gasteiger partial charge in [-0.2, -0.15) is 0 Å². The maximum absolute atomic E-state index is 11.1. The summed E-state index contributed by atoms with van der Waals surface area (Å²) in [5.74, 6) is 0.253. The highest BCUT2D eigenvalue weighted by atomic mass is 79.9. The summed E-state index contributed by atoms with van der Waals surface area (Å²) in [5, 5.41) is 0. The molecule has 1 aromatic carbocycles. The predicted octanol–water partition coefficient (Wildman–Crippen LogP) is 3.09. The van der Waals surface area contributed by atoms with Gasteiger partial charge in [-0.3, -0.25) is 0 Å². The fraction of sp³-hybridized carbons (Fsp3) is 0.462. The Balaban J connectivity index is 2.14. The molecule has 0 unspecified atom stereocenters. The van der Waals surface area contributed by atoms with Crippen LogP contribution in [0.5, 0.6) is 0 Å². The van der Waals surface area contributed by atoms with Crippen LogP contribution in [0.25, 0.3) is 0 Å². The van der Waals surface area contributed by atoms with Crippen molar-refractivity contribution in [3.05, 3.63) is 34.3 Å². The lowest BCUT2D eigenvalue weighted by Gasteiger charge is -2.42. The molecule has 0 saturated carbocycles. The molecule has 0 bridgehead atoms. The molecule has 16 heavy (non-hydrogen) atoms. The van der Waals surface area contributed by atoms with E-state index in [1.165, 1.54) is 5.56 Å². The van der Waals surface area contributed by atoms with Crippen LogP contribution in [0, 0.1) is 0 Å². The highest BCUT2D eigenvalue weighted by molar-refractivity contribution is 9.10. The van der Waals surface area contributed by atoms with Gasteiger partial charge in [-0.1, -0.05) is 28.1 Å². The Hall–Kier alpha value is -0.670. The van der Waals surface area contributed by atoms with Crippen molar-refractivity contribution in [2.75, 3.05) is 13.2 Å². The van der Waals surface area contributed by atoms with E-state index in [1.807, 2.05) is 12.1 Å². The molecule has 0 atom stereocenters. The Morgan fingerprint density at radius 2 is 2.00 bits per heavy atom. The maximum Gasteiger partial charge on any atom is 0.129 e. The summed E-state index contributed by atoms with van der Waals surface area (Å²) in [5.41, 5.74) is 1.36. The average Bonchev–Trinajstić information content (AvgIpc) is 2.18. The topological polar surface area (TPSA) is 26.3 Å². The van der Waals surface area contributed by atoms with Crippen molar-refractivity contribution >= 4 is 21.7 Å². The first-order valence-corrected chi connectivity index (χ1v) is 6.25. The van der Waals surface area contributed by atoms with Crippen LogP contribution < -0.4 is 0 Å². The molecule has 0 aromatic heterocycles. The minimum absolute atomic E-state index is 0.0758. The number of hydrogen-bond acceptors (Lipinski definition) is 2. The molecule has 1 heterocycles. The number of Topliss-reactive ketones (excluding diaryl/α,β-unsaturated/α-hetero) is 1. The van der Waals surface area contributed by atoms with Gasteiger partial charge in [-0.15, -0.1) is 0 Å². The Morgan fingerprint density at radius 1 is 1.38 bits per heavy atom. The lowest BCUT2D eigenvalue weighted by atomic mass is 9.75. The molecule has 1 aliphatic rings. The number of ether oxygens (including phenoxy) is 1. The first kappa shape index (κ1) is 11.8. The SMILES string of the molecule is CC(=O)CCC1(c2ccc(Br)cc2)COC1. The second kappa shape index (κ2) is 4.68. The fourth-order valence-electron chi connectivity index (χ4n) is 2.02. The van der Waals surface area contributed by atoms with E-state index in [2.05, 4.69) is 28.1 Å². The van der Waals surface area contributed by atoms with Crippen molar-refractivity contribution in [3.8, 4) is 0 Å². The molecule has 0 spiro atoms. The van der Waals surface area contributed by atoms with Crippen molar-refractivity contribution in [1.82, 2.24) is 0 Å². The number of benzene rings is 1. The summed E-state index contributed by atoms with van der Waals surface area (Å²) in [6.45, 7) is 3.12. The van der Waals surface area contributed by atoms with Crippen LogP contribution in [0.3, 0.4) is 0 Å². The highest BCUT2D eigenvalue weighted by Crippen LogP contribution is 2.37. The second-order valence-corrected chi connectivity index (χ2v) is 5.40. The predicted molar refractivity (Wildman–Crippen MR) is 66.6 cm³/mol. The van der Waals surface area contributed by atoms with E-state index in [0.29, 0.717) is 6.42 Å². The molecule has 0 radical (unpaired) electrons. The molecule has 1 saturated heterocycles. The molecule has 0 amide bonds. The van der Waals surface area contributed by atoms with Gasteiger partial charge in [0, 0.05) is 16.3 Å². The van der Waals surface area contributed by atoms with Gasteiger partial charge in [-0.25, -0.2) is 0 Å². The molecule has 3 heteroatoms. The lowest BCUT2D eigenvalue weighted by Crippen LogP contribution is -2.46. The van der Waals surface area contributed by atoms with Crippen LogP contribution in [0.4, 0.5) is 0 Å². The van der Waals surface area contributed by atoms with Crippen LogP contribution >= 0.6 is 15.9 Å². The molecule has 2 rings (SSSR count). The zero-order chi connectivity index (χ0) is 11.6. The summed E-state index contributed by atoms with van der Waals surface area (Å²) < 4.78 is 6.41. The number of carbonyl (C=O) groups is 1. The van der Waals surface area contributed by atoms with Gasteiger partial charge < -0.3 is 9.53 Å². The zero-order valence-corrected chi connectivity index (χ0v) is 10.9. The molecule has 0 N–H and O–H groups in total. The van der Waals surface area contributed by atoms with E-state index in [4.69, 9.17) is 4.74 Å². The van der Waals surface area contributed by atoms with Crippen LogP contribution in [0.2, 0.25) is 0 Å². The van der Waals surface area contributed by atoms with Gasteiger partial charge in [0.2, 0.25) is 0 Å². The first-order chi connectivity index (χ1) is 7.62. The number of rotatable bonds is 4. The molecular weight excluding hydrogens is 268 g/mol. The number of halogens is 1. The minimum Gasteiger partial charge on any atom is -0.379 e. The van der Waals surface area contributed by atoms with Crippen molar-refractivity contribution in [2.45, 2.75) is 25.2 Å². The molecule has 1 fully saturated rings. The van der Waals surface area contributed by atoms with Gasteiger partial charge >= 0.3 is 0 Å². The number of ketones is 1. The fourth-order valence-corrected chi connectivity index (χ4v) is 2.29. The molecule has 2 nitrogen and oxygen atoms in total. The monoisotopic (exact) mass is 282 g/mol. The van der Waals surface area contributed by atoms with Crippen LogP contribution in [0.15, 0.2) is 28.7 Å². The molecule has 1 aromatic rings. The van der Waals surface area contributed by atoms with E-state index in [9.17, 15) is 4.79 Å². The third kappa shape index (κ3) is 2.36.